The molecule has 2 atom stereocenters. The number of nitrogens with zero attached hydrogens (tertiary/aromatic N) is 1. The highest BCUT2D eigenvalue weighted by atomic mass is 16.5. The number of Topliss-reactive ketones (excluding diaryl/α,β-unsaturated/α-hetero) is 1. The van der Waals surface area contributed by atoms with E-state index in [0.717, 1.165) is 28.9 Å². The van der Waals surface area contributed by atoms with Gasteiger partial charge in [0.25, 0.3) is 5.91 Å². The predicted octanol–water partition coefficient (Wildman–Crippen LogP) is 4.26. The van der Waals surface area contributed by atoms with Crippen LogP contribution >= 0.6 is 0 Å². The molecule has 0 saturated heterocycles. The van der Waals surface area contributed by atoms with E-state index in [1.54, 1.807) is 32.5 Å². The predicted molar refractivity (Wildman–Crippen MR) is 126 cm³/mol. The number of benzene rings is 1. The SMILES string of the molecule is COc1ccc([C@H]2C(C(=O)Nc3ccc(C)cn3)=C(C)NC3=C2C(=O)C[C@@H](C)C3)cc1OC. The molecule has 1 aromatic carbocycles. The van der Waals surface area contributed by atoms with Gasteiger partial charge in [-0.05, 0) is 55.5 Å². The van der Waals surface area contributed by atoms with Gasteiger partial charge in [0, 0.05) is 41.1 Å². The minimum Gasteiger partial charge on any atom is -0.493 e. The lowest BCUT2D eigenvalue weighted by atomic mass is 9.73. The van der Waals surface area contributed by atoms with E-state index in [1.165, 1.54) is 0 Å². The second-order valence-electron chi connectivity index (χ2n) is 8.71. The molecule has 1 aliphatic heterocycles. The molecule has 4 rings (SSSR count). The molecule has 1 aromatic heterocycles. The first-order valence-electron chi connectivity index (χ1n) is 11.0. The molecule has 0 fully saturated rings. The molecule has 172 valence electrons. The van der Waals surface area contributed by atoms with Gasteiger partial charge in [-0.15, -0.1) is 0 Å². The van der Waals surface area contributed by atoms with Crippen LogP contribution in [0.1, 0.15) is 43.7 Å². The normalized spacial score (nSPS) is 20.2. The van der Waals surface area contributed by atoms with Gasteiger partial charge in [0.05, 0.1) is 14.2 Å². The number of anilines is 1. The van der Waals surface area contributed by atoms with Gasteiger partial charge in [-0.2, -0.15) is 0 Å². The molecule has 0 radical (unpaired) electrons. The molecule has 7 nitrogen and oxygen atoms in total. The fourth-order valence-electron chi connectivity index (χ4n) is 4.63. The molecular weight excluding hydrogens is 418 g/mol. The van der Waals surface area contributed by atoms with Crippen molar-refractivity contribution in [3.8, 4) is 11.5 Å². The van der Waals surface area contributed by atoms with Gasteiger partial charge in [-0.25, -0.2) is 4.98 Å². The van der Waals surface area contributed by atoms with E-state index in [4.69, 9.17) is 9.47 Å². The van der Waals surface area contributed by atoms with E-state index in [1.807, 2.05) is 32.0 Å². The van der Waals surface area contributed by atoms with Crippen molar-refractivity contribution in [2.75, 3.05) is 19.5 Å². The number of hydrogen-bond donors (Lipinski definition) is 2. The van der Waals surface area contributed by atoms with Crippen LogP contribution in [0.2, 0.25) is 0 Å². The lowest BCUT2D eigenvalue weighted by Gasteiger charge is -2.36. The summed E-state index contributed by atoms with van der Waals surface area (Å²) in [4.78, 5) is 31.1. The summed E-state index contributed by atoms with van der Waals surface area (Å²) >= 11 is 0. The summed E-state index contributed by atoms with van der Waals surface area (Å²) in [5.41, 5.74) is 4.55. The Labute approximate surface area is 193 Å². The first kappa shape index (κ1) is 22.6. The van der Waals surface area contributed by atoms with Gasteiger partial charge in [0.2, 0.25) is 0 Å². The standard InChI is InChI=1S/C26H29N3O4/c1-14-6-9-22(27-13-14)29-26(31)23-16(3)28-18-10-15(2)11-19(30)25(18)24(23)17-7-8-20(32-4)21(12-17)33-5/h6-9,12-13,15,24,28H,10-11H2,1-5H3,(H,27,29,31)/t15-,24-/m0/s1. The van der Waals surface area contributed by atoms with Crippen LogP contribution in [0.25, 0.3) is 0 Å². The summed E-state index contributed by atoms with van der Waals surface area (Å²) in [6.45, 7) is 5.88. The van der Waals surface area contributed by atoms with Crippen molar-refractivity contribution in [2.45, 2.75) is 39.5 Å². The van der Waals surface area contributed by atoms with Gasteiger partial charge in [-0.3, -0.25) is 9.59 Å². The molecule has 0 spiro atoms. The number of methoxy groups -OCH3 is 2. The minimum atomic E-state index is -0.522. The number of ether oxygens (including phenoxy) is 2. The van der Waals surface area contributed by atoms with Crippen molar-refractivity contribution in [3.05, 3.63) is 70.2 Å². The Morgan fingerprint density at radius 3 is 2.52 bits per heavy atom. The molecular formula is C26H29N3O4. The topological polar surface area (TPSA) is 89.5 Å². The summed E-state index contributed by atoms with van der Waals surface area (Å²) in [5, 5.41) is 6.26. The lowest BCUT2D eigenvalue weighted by molar-refractivity contribution is -0.117. The minimum absolute atomic E-state index is 0.0577. The number of aryl methyl sites for hydroxylation is 1. The van der Waals surface area contributed by atoms with Crippen molar-refractivity contribution in [1.82, 2.24) is 10.3 Å². The number of pyridine rings is 1. The van der Waals surface area contributed by atoms with Gasteiger partial charge in [-0.1, -0.05) is 19.1 Å². The second-order valence-corrected chi connectivity index (χ2v) is 8.71. The highest BCUT2D eigenvalue weighted by Crippen LogP contribution is 2.45. The van der Waals surface area contributed by atoms with E-state index in [0.29, 0.717) is 34.9 Å². The van der Waals surface area contributed by atoms with Crippen LogP contribution in [0.3, 0.4) is 0 Å². The molecule has 2 aliphatic rings. The molecule has 0 bridgehead atoms. The van der Waals surface area contributed by atoms with Crippen LogP contribution in [0.4, 0.5) is 5.82 Å². The van der Waals surface area contributed by atoms with Crippen molar-refractivity contribution in [3.63, 3.8) is 0 Å². The Morgan fingerprint density at radius 2 is 1.85 bits per heavy atom. The van der Waals surface area contributed by atoms with Gasteiger partial charge in [0.15, 0.2) is 17.3 Å². The summed E-state index contributed by atoms with van der Waals surface area (Å²) in [5.74, 6) is 1.08. The summed E-state index contributed by atoms with van der Waals surface area (Å²) < 4.78 is 10.9. The smallest absolute Gasteiger partial charge is 0.255 e. The number of rotatable bonds is 5. The van der Waals surface area contributed by atoms with Crippen molar-refractivity contribution in [1.29, 1.82) is 0 Å². The van der Waals surface area contributed by atoms with Crippen LogP contribution in [-0.4, -0.2) is 30.9 Å². The van der Waals surface area contributed by atoms with E-state index < -0.39 is 5.92 Å². The Bertz CT molecular complexity index is 1160. The first-order valence-corrected chi connectivity index (χ1v) is 11.0. The maximum Gasteiger partial charge on any atom is 0.255 e. The maximum absolute atomic E-state index is 13.5. The third kappa shape index (κ3) is 4.35. The van der Waals surface area contributed by atoms with Crippen molar-refractivity contribution >= 4 is 17.5 Å². The number of ketones is 1. The van der Waals surface area contributed by atoms with Crippen molar-refractivity contribution in [2.24, 2.45) is 5.92 Å². The summed E-state index contributed by atoms with van der Waals surface area (Å²) in [6, 6.07) is 9.19. The van der Waals surface area contributed by atoms with E-state index in [-0.39, 0.29) is 17.6 Å². The van der Waals surface area contributed by atoms with Gasteiger partial charge < -0.3 is 20.1 Å². The highest BCUT2D eigenvalue weighted by molar-refractivity contribution is 6.09. The quantitative estimate of drug-likeness (QED) is 0.712. The maximum atomic E-state index is 13.5. The molecule has 2 heterocycles. The number of allylic oxidation sites excluding steroid dienone is 3. The summed E-state index contributed by atoms with van der Waals surface area (Å²) in [7, 11) is 3.15. The third-order valence-corrected chi connectivity index (χ3v) is 6.17. The van der Waals surface area contributed by atoms with Crippen molar-refractivity contribution < 1.29 is 19.1 Å². The van der Waals surface area contributed by atoms with Crippen LogP contribution in [-0.2, 0) is 9.59 Å². The monoisotopic (exact) mass is 447 g/mol. The van der Waals surface area contributed by atoms with Gasteiger partial charge in [0.1, 0.15) is 5.82 Å². The average Bonchev–Trinajstić information content (AvgIpc) is 2.78. The Kier molecular flexibility index (Phi) is 6.22. The molecule has 1 aliphatic carbocycles. The van der Waals surface area contributed by atoms with E-state index in [9.17, 15) is 9.59 Å². The zero-order valence-corrected chi connectivity index (χ0v) is 19.6. The molecule has 0 saturated carbocycles. The van der Waals surface area contributed by atoms with E-state index >= 15 is 0 Å². The number of aromatic nitrogens is 1. The van der Waals surface area contributed by atoms with Crippen LogP contribution in [0.15, 0.2) is 59.1 Å². The number of amides is 1. The fourth-order valence-corrected chi connectivity index (χ4v) is 4.63. The number of hydrogen-bond acceptors (Lipinski definition) is 6. The van der Waals surface area contributed by atoms with E-state index in [2.05, 4.69) is 22.5 Å². The zero-order valence-electron chi connectivity index (χ0n) is 19.6. The number of nitrogens with one attached hydrogen (secondary N) is 2. The molecule has 7 heteroatoms. The number of carbonyl (C=O) groups excluding carboxylic acids is 2. The van der Waals surface area contributed by atoms with Crippen LogP contribution in [0.5, 0.6) is 11.5 Å². The zero-order chi connectivity index (χ0) is 23.7. The lowest BCUT2D eigenvalue weighted by Crippen LogP contribution is -2.37. The number of dihydropyridines is 1. The Morgan fingerprint density at radius 1 is 1.09 bits per heavy atom. The fraction of sp³-hybridized carbons (Fsp3) is 0.346. The van der Waals surface area contributed by atoms with Crippen LogP contribution in [0, 0.1) is 12.8 Å². The Hall–Kier alpha value is -3.61. The second kappa shape index (κ2) is 9.10. The first-order chi connectivity index (χ1) is 15.8. The Balaban J connectivity index is 1.82. The van der Waals surface area contributed by atoms with Crippen LogP contribution < -0.4 is 20.1 Å². The summed E-state index contributed by atoms with van der Waals surface area (Å²) in [6.07, 6.45) is 2.92. The molecule has 2 N–H and O–H groups in total. The number of carbonyl (C=O) groups is 2. The molecule has 33 heavy (non-hydrogen) atoms. The molecule has 2 aromatic rings. The average molecular weight is 448 g/mol. The largest absolute Gasteiger partial charge is 0.493 e. The third-order valence-electron chi connectivity index (χ3n) is 6.17. The van der Waals surface area contributed by atoms with Gasteiger partial charge >= 0.3 is 0 Å². The molecule has 1 amide bonds. The molecule has 0 unspecified atom stereocenters. The highest BCUT2D eigenvalue weighted by Gasteiger charge is 2.40.